The van der Waals surface area contributed by atoms with Crippen molar-refractivity contribution in [1.29, 1.82) is 0 Å². The van der Waals surface area contributed by atoms with Crippen molar-refractivity contribution in [3.05, 3.63) is 29.8 Å². The summed E-state index contributed by atoms with van der Waals surface area (Å²) in [5.41, 5.74) is 7.34. The number of rotatable bonds is 4. The van der Waals surface area contributed by atoms with Gasteiger partial charge in [-0.25, -0.2) is 0 Å². The molecule has 19 heavy (non-hydrogen) atoms. The Hall–Kier alpha value is -1.10. The minimum absolute atomic E-state index is 0.425. The lowest BCUT2D eigenvalue weighted by Gasteiger charge is -2.37. The Bertz CT molecular complexity index is 383. The molecule has 2 rings (SSSR count). The molecule has 0 saturated carbocycles. The number of nitrogens with two attached hydrogens (primary N) is 1. The van der Waals surface area contributed by atoms with Gasteiger partial charge in [0, 0.05) is 44.5 Å². The molecule has 0 bridgehead atoms. The highest BCUT2D eigenvalue weighted by Gasteiger charge is 2.21. The molecule has 3 N–H and O–H groups in total. The van der Waals surface area contributed by atoms with E-state index in [9.17, 15) is 5.11 Å². The molecular formula is C15H25N3O. The van der Waals surface area contributed by atoms with Gasteiger partial charge in [0.25, 0.3) is 0 Å². The van der Waals surface area contributed by atoms with E-state index < -0.39 is 6.10 Å². The second-order valence-corrected chi connectivity index (χ2v) is 5.61. The smallest absolute Gasteiger partial charge is 0.0916 e. The van der Waals surface area contributed by atoms with Gasteiger partial charge in [-0.2, -0.15) is 0 Å². The Morgan fingerprint density at radius 2 is 1.68 bits per heavy atom. The highest BCUT2D eigenvalue weighted by Crippen LogP contribution is 2.17. The lowest BCUT2D eigenvalue weighted by atomic mass is 10.1. The summed E-state index contributed by atoms with van der Waals surface area (Å²) in [5.74, 6) is 0. The average molecular weight is 263 g/mol. The lowest BCUT2D eigenvalue weighted by Crippen LogP contribution is -2.49. The van der Waals surface area contributed by atoms with E-state index in [0.29, 0.717) is 12.6 Å². The van der Waals surface area contributed by atoms with E-state index in [4.69, 9.17) is 5.73 Å². The van der Waals surface area contributed by atoms with E-state index in [1.807, 2.05) is 24.3 Å². The fourth-order valence-corrected chi connectivity index (χ4v) is 2.53. The number of piperazine rings is 1. The summed E-state index contributed by atoms with van der Waals surface area (Å²) >= 11 is 0. The van der Waals surface area contributed by atoms with Crippen molar-refractivity contribution in [1.82, 2.24) is 9.80 Å². The quantitative estimate of drug-likeness (QED) is 0.805. The van der Waals surface area contributed by atoms with Gasteiger partial charge < -0.3 is 10.8 Å². The fraction of sp³-hybridized carbons (Fsp3) is 0.600. The molecule has 4 heteroatoms. The third-order valence-electron chi connectivity index (χ3n) is 3.89. The molecule has 1 saturated heterocycles. The van der Waals surface area contributed by atoms with E-state index in [1.54, 1.807) is 0 Å². The summed E-state index contributed by atoms with van der Waals surface area (Å²) in [5, 5.41) is 10.2. The van der Waals surface area contributed by atoms with Gasteiger partial charge in [0.2, 0.25) is 0 Å². The van der Waals surface area contributed by atoms with E-state index >= 15 is 0 Å². The minimum atomic E-state index is -0.425. The van der Waals surface area contributed by atoms with Crippen LogP contribution in [0.25, 0.3) is 0 Å². The number of benzene rings is 1. The Kier molecular flexibility index (Phi) is 4.80. The summed E-state index contributed by atoms with van der Waals surface area (Å²) in [7, 11) is 0. The molecule has 1 aromatic rings. The molecule has 0 radical (unpaired) electrons. The maximum absolute atomic E-state index is 10.2. The number of hydrogen-bond donors (Lipinski definition) is 2. The fourth-order valence-electron chi connectivity index (χ4n) is 2.53. The molecule has 106 valence electrons. The monoisotopic (exact) mass is 263 g/mol. The van der Waals surface area contributed by atoms with Crippen LogP contribution in [-0.4, -0.2) is 53.7 Å². The zero-order chi connectivity index (χ0) is 13.8. The van der Waals surface area contributed by atoms with E-state index in [0.717, 1.165) is 37.4 Å². The largest absolute Gasteiger partial charge is 0.399 e. The zero-order valence-corrected chi connectivity index (χ0v) is 11.9. The maximum atomic E-state index is 10.2. The molecule has 1 heterocycles. The van der Waals surface area contributed by atoms with Crippen LogP contribution in [0.4, 0.5) is 5.69 Å². The summed E-state index contributed by atoms with van der Waals surface area (Å²) < 4.78 is 0. The SMILES string of the molecule is CC(C)N1CCN(CC(O)c2ccc(N)cc2)CC1. The van der Waals surface area contributed by atoms with Crippen LogP contribution in [0.1, 0.15) is 25.5 Å². The van der Waals surface area contributed by atoms with Crippen LogP contribution in [0.5, 0.6) is 0 Å². The number of aliphatic hydroxyl groups excluding tert-OH is 1. The Morgan fingerprint density at radius 1 is 1.11 bits per heavy atom. The predicted molar refractivity (Wildman–Crippen MR) is 79.0 cm³/mol. The van der Waals surface area contributed by atoms with Gasteiger partial charge in [-0.1, -0.05) is 12.1 Å². The van der Waals surface area contributed by atoms with Gasteiger partial charge in [-0.3, -0.25) is 9.80 Å². The predicted octanol–water partition coefficient (Wildman–Crippen LogP) is 1.33. The summed E-state index contributed by atoms with van der Waals surface area (Å²) in [6, 6.07) is 8.11. The van der Waals surface area contributed by atoms with Crippen molar-refractivity contribution in [3.63, 3.8) is 0 Å². The van der Waals surface area contributed by atoms with Crippen LogP contribution in [0.15, 0.2) is 24.3 Å². The third kappa shape index (κ3) is 3.93. The molecule has 1 unspecified atom stereocenters. The Morgan fingerprint density at radius 3 is 2.21 bits per heavy atom. The number of hydrogen-bond acceptors (Lipinski definition) is 4. The summed E-state index contributed by atoms with van der Waals surface area (Å²) in [6.07, 6.45) is -0.425. The molecule has 1 aromatic carbocycles. The Labute approximate surface area is 115 Å². The van der Waals surface area contributed by atoms with Crippen LogP contribution < -0.4 is 5.73 Å². The van der Waals surface area contributed by atoms with Crippen molar-refractivity contribution in [2.45, 2.75) is 26.0 Å². The normalized spacial score (nSPS) is 19.8. The average Bonchev–Trinajstić information content (AvgIpc) is 2.40. The number of nitrogen functional groups attached to an aromatic ring is 1. The highest BCUT2D eigenvalue weighted by atomic mass is 16.3. The summed E-state index contributed by atoms with van der Waals surface area (Å²) in [6.45, 7) is 9.42. The topological polar surface area (TPSA) is 52.7 Å². The van der Waals surface area contributed by atoms with Crippen molar-refractivity contribution in [3.8, 4) is 0 Å². The lowest BCUT2D eigenvalue weighted by molar-refractivity contribution is 0.0621. The first kappa shape index (κ1) is 14.3. The van der Waals surface area contributed by atoms with Gasteiger partial charge in [0.05, 0.1) is 6.10 Å². The zero-order valence-electron chi connectivity index (χ0n) is 11.9. The van der Waals surface area contributed by atoms with Crippen LogP contribution in [-0.2, 0) is 0 Å². The first-order valence-electron chi connectivity index (χ1n) is 7.06. The number of β-amino-alcohol motifs (C(OH)–C–C–N with tert-alkyl or cyclic N) is 1. The molecule has 1 aliphatic rings. The van der Waals surface area contributed by atoms with Gasteiger partial charge in [-0.15, -0.1) is 0 Å². The maximum Gasteiger partial charge on any atom is 0.0916 e. The second-order valence-electron chi connectivity index (χ2n) is 5.61. The van der Waals surface area contributed by atoms with Crippen molar-refractivity contribution >= 4 is 5.69 Å². The van der Waals surface area contributed by atoms with Crippen LogP contribution in [0.2, 0.25) is 0 Å². The van der Waals surface area contributed by atoms with E-state index in [2.05, 4.69) is 23.6 Å². The van der Waals surface area contributed by atoms with Gasteiger partial charge in [-0.05, 0) is 31.5 Å². The molecule has 1 atom stereocenters. The summed E-state index contributed by atoms with van der Waals surface area (Å²) in [4.78, 5) is 4.81. The van der Waals surface area contributed by atoms with Crippen molar-refractivity contribution in [2.75, 3.05) is 38.5 Å². The molecule has 1 fully saturated rings. The molecule has 1 aliphatic heterocycles. The van der Waals surface area contributed by atoms with Gasteiger partial charge >= 0.3 is 0 Å². The van der Waals surface area contributed by atoms with Crippen LogP contribution in [0.3, 0.4) is 0 Å². The molecule has 0 aromatic heterocycles. The Balaban J connectivity index is 1.83. The standard InChI is InChI=1S/C15H25N3O/c1-12(2)18-9-7-17(8-10-18)11-15(19)13-3-5-14(16)6-4-13/h3-6,12,15,19H,7-11,16H2,1-2H3. The molecule has 0 amide bonds. The van der Waals surface area contributed by atoms with Gasteiger partial charge in [0.15, 0.2) is 0 Å². The van der Waals surface area contributed by atoms with Gasteiger partial charge in [0.1, 0.15) is 0 Å². The number of aliphatic hydroxyl groups is 1. The van der Waals surface area contributed by atoms with E-state index in [-0.39, 0.29) is 0 Å². The molecule has 0 spiro atoms. The second kappa shape index (κ2) is 6.37. The van der Waals surface area contributed by atoms with Crippen LogP contribution in [0, 0.1) is 0 Å². The first-order chi connectivity index (χ1) is 9.06. The molecular weight excluding hydrogens is 238 g/mol. The first-order valence-corrected chi connectivity index (χ1v) is 7.06. The molecule has 4 nitrogen and oxygen atoms in total. The third-order valence-corrected chi connectivity index (χ3v) is 3.89. The minimum Gasteiger partial charge on any atom is -0.399 e. The van der Waals surface area contributed by atoms with E-state index in [1.165, 1.54) is 0 Å². The number of nitrogens with zero attached hydrogens (tertiary/aromatic N) is 2. The highest BCUT2D eigenvalue weighted by molar-refractivity contribution is 5.39. The van der Waals surface area contributed by atoms with Crippen molar-refractivity contribution < 1.29 is 5.11 Å². The molecule has 0 aliphatic carbocycles. The van der Waals surface area contributed by atoms with Crippen LogP contribution >= 0.6 is 0 Å². The number of anilines is 1. The van der Waals surface area contributed by atoms with Crippen molar-refractivity contribution in [2.24, 2.45) is 0 Å².